The van der Waals surface area contributed by atoms with E-state index in [9.17, 15) is 14.7 Å². The summed E-state index contributed by atoms with van der Waals surface area (Å²) in [6.07, 6.45) is 11.2. The van der Waals surface area contributed by atoms with Crippen LogP contribution in [0.3, 0.4) is 0 Å². The minimum Gasteiger partial charge on any atom is -0.481 e. The lowest BCUT2D eigenvalue weighted by atomic mass is 9.93. The second-order valence-electron chi connectivity index (χ2n) is 6.90. The van der Waals surface area contributed by atoms with Crippen LogP contribution in [0.1, 0.15) is 90.9 Å². The van der Waals surface area contributed by atoms with E-state index in [1.807, 2.05) is 0 Å². The topological polar surface area (TPSA) is 83.8 Å². The number of aliphatic carboxylic acids is 1. The molecule has 5 nitrogen and oxygen atoms in total. The number of rotatable bonds is 17. The largest absolute Gasteiger partial charge is 0.481 e. The highest BCUT2D eigenvalue weighted by Gasteiger charge is 2.19. The van der Waals surface area contributed by atoms with Gasteiger partial charge in [0.25, 0.3) is 0 Å². The quantitative estimate of drug-likeness (QED) is 0.294. The average molecular weight is 359 g/mol. The third kappa shape index (κ3) is 12.9. The van der Waals surface area contributed by atoms with Crippen molar-refractivity contribution >= 4 is 11.9 Å². The molecule has 0 bridgehead atoms. The van der Waals surface area contributed by atoms with E-state index in [4.69, 9.17) is 9.84 Å². The van der Waals surface area contributed by atoms with E-state index < -0.39 is 5.97 Å². The fourth-order valence-electron chi connectivity index (χ4n) is 3.07. The highest BCUT2D eigenvalue weighted by Crippen LogP contribution is 2.21. The minimum absolute atomic E-state index is 0.0668. The van der Waals surface area contributed by atoms with E-state index in [0.29, 0.717) is 0 Å². The van der Waals surface area contributed by atoms with E-state index in [1.165, 1.54) is 0 Å². The normalized spacial score (nSPS) is 13.4. The number of carbonyl (C=O) groups is 2. The van der Waals surface area contributed by atoms with E-state index in [0.717, 1.165) is 77.0 Å². The van der Waals surface area contributed by atoms with E-state index in [1.54, 1.807) is 0 Å². The van der Waals surface area contributed by atoms with Crippen molar-refractivity contribution in [2.45, 2.75) is 90.9 Å². The van der Waals surface area contributed by atoms with Gasteiger partial charge in [-0.3, -0.25) is 9.59 Å². The molecule has 0 aliphatic rings. The van der Waals surface area contributed by atoms with E-state index in [2.05, 4.69) is 13.8 Å². The number of carboxylic acid groups (broad SMARTS) is 1. The Bertz CT molecular complexity index is 343. The molecule has 2 N–H and O–H groups in total. The SMILES string of the molecule is CCCCC(CCCCCCC(CCCC)C(=O)OCCO)C(=O)O. The van der Waals surface area contributed by atoms with Gasteiger partial charge in [-0.1, -0.05) is 65.2 Å². The molecule has 2 unspecified atom stereocenters. The number of unbranched alkanes of at least 4 members (excludes halogenated alkanes) is 5. The van der Waals surface area contributed by atoms with Gasteiger partial charge in [-0.25, -0.2) is 0 Å². The molecule has 0 aliphatic heterocycles. The Morgan fingerprint density at radius 1 is 0.800 bits per heavy atom. The van der Waals surface area contributed by atoms with Crippen molar-refractivity contribution in [1.82, 2.24) is 0 Å². The van der Waals surface area contributed by atoms with E-state index in [-0.39, 0.29) is 31.0 Å². The Morgan fingerprint density at radius 3 is 1.76 bits per heavy atom. The molecule has 0 aromatic rings. The van der Waals surface area contributed by atoms with Gasteiger partial charge in [-0.2, -0.15) is 0 Å². The van der Waals surface area contributed by atoms with Crippen LogP contribution in [0.5, 0.6) is 0 Å². The van der Waals surface area contributed by atoms with Crippen LogP contribution in [0.2, 0.25) is 0 Å². The monoisotopic (exact) mass is 358 g/mol. The minimum atomic E-state index is -0.667. The Morgan fingerprint density at radius 2 is 1.28 bits per heavy atom. The van der Waals surface area contributed by atoms with Crippen molar-refractivity contribution in [3.8, 4) is 0 Å². The third-order valence-electron chi connectivity index (χ3n) is 4.69. The van der Waals surface area contributed by atoms with Crippen molar-refractivity contribution in [2.24, 2.45) is 11.8 Å². The van der Waals surface area contributed by atoms with Crippen molar-refractivity contribution in [2.75, 3.05) is 13.2 Å². The number of carbonyl (C=O) groups excluding carboxylic acids is 1. The number of esters is 1. The number of aliphatic hydroxyl groups is 1. The lowest BCUT2D eigenvalue weighted by Crippen LogP contribution is -2.19. The van der Waals surface area contributed by atoms with Gasteiger partial charge in [0.05, 0.1) is 18.4 Å². The van der Waals surface area contributed by atoms with Gasteiger partial charge in [0.1, 0.15) is 6.61 Å². The second kappa shape index (κ2) is 16.4. The van der Waals surface area contributed by atoms with Gasteiger partial charge in [-0.05, 0) is 25.7 Å². The lowest BCUT2D eigenvalue weighted by Gasteiger charge is -2.15. The van der Waals surface area contributed by atoms with Crippen LogP contribution >= 0.6 is 0 Å². The number of aliphatic hydroxyl groups excluding tert-OH is 1. The molecule has 0 radical (unpaired) electrons. The Balaban J connectivity index is 3.98. The first-order valence-corrected chi connectivity index (χ1v) is 10.1. The van der Waals surface area contributed by atoms with E-state index >= 15 is 0 Å². The summed E-state index contributed by atoms with van der Waals surface area (Å²) in [4.78, 5) is 23.2. The third-order valence-corrected chi connectivity index (χ3v) is 4.69. The fourth-order valence-corrected chi connectivity index (χ4v) is 3.07. The summed E-state index contributed by atoms with van der Waals surface area (Å²) in [7, 11) is 0. The molecule has 2 atom stereocenters. The van der Waals surface area contributed by atoms with Crippen LogP contribution in [-0.4, -0.2) is 35.4 Å². The molecule has 148 valence electrons. The maximum Gasteiger partial charge on any atom is 0.309 e. The fraction of sp³-hybridized carbons (Fsp3) is 0.900. The zero-order chi connectivity index (χ0) is 18.9. The van der Waals surface area contributed by atoms with Crippen molar-refractivity contribution in [3.63, 3.8) is 0 Å². The van der Waals surface area contributed by atoms with Gasteiger partial charge in [0.2, 0.25) is 0 Å². The molecule has 0 aromatic carbocycles. The highest BCUT2D eigenvalue weighted by atomic mass is 16.5. The molecule has 0 spiro atoms. The van der Waals surface area contributed by atoms with Crippen LogP contribution in [0.4, 0.5) is 0 Å². The summed E-state index contributed by atoms with van der Waals surface area (Å²) in [5.74, 6) is -1.12. The first-order chi connectivity index (χ1) is 12.1. The molecule has 5 heteroatoms. The number of carboxylic acids is 1. The Labute approximate surface area is 153 Å². The summed E-state index contributed by atoms with van der Waals surface area (Å²) in [5.41, 5.74) is 0. The van der Waals surface area contributed by atoms with Gasteiger partial charge in [-0.15, -0.1) is 0 Å². The van der Waals surface area contributed by atoms with Gasteiger partial charge >= 0.3 is 11.9 Å². The first kappa shape index (κ1) is 23.9. The maximum atomic E-state index is 12.0. The summed E-state index contributed by atoms with van der Waals surface area (Å²) in [6, 6.07) is 0. The average Bonchev–Trinajstić information content (AvgIpc) is 2.60. The molecular weight excluding hydrogens is 320 g/mol. The van der Waals surface area contributed by atoms with Gasteiger partial charge < -0.3 is 14.9 Å². The molecule has 25 heavy (non-hydrogen) atoms. The molecular formula is C20H38O5. The van der Waals surface area contributed by atoms with Crippen molar-refractivity contribution in [1.29, 1.82) is 0 Å². The second-order valence-corrected chi connectivity index (χ2v) is 6.90. The smallest absolute Gasteiger partial charge is 0.309 e. The molecule has 0 aromatic heterocycles. The van der Waals surface area contributed by atoms with Crippen molar-refractivity contribution in [3.05, 3.63) is 0 Å². The van der Waals surface area contributed by atoms with Gasteiger partial charge in [0.15, 0.2) is 0 Å². The van der Waals surface area contributed by atoms with Crippen LogP contribution in [0.25, 0.3) is 0 Å². The van der Waals surface area contributed by atoms with Crippen LogP contribution in [0.15, 0.2) is 0 Å². The predicted molar refractivity (Wildman–Crippen MR) is 99.4 cm³/mol. The Hall–Kier alpha value is -1.10. The summed E-state index contributed by atoms with van der Waals surface area (Å²) < 4.78 is 5.07. The summed E-state index contributed by atoms with van der Waals surface area (Å²) in [5, 5.41) is 18.0. The van der Waals surface area contributed by atoms with Crippen LogP contribution < -0.4 is 0 Å². The first-order valence-electron chi connectivity index (χ1n) is 10.1. The van der Waals surface area contributed by atoms with Crippen molar-refractivity contribution < 1.29 is 24.5 Å². The van der Waals surface area contributed by atoms with Crippen LogP contribution in [0, 0.1) is 11.8 Å². The van der Waals surface area contributed by atoms with Gasteiger partial charge in [0, 0.05) is 0 Å². The lowest BCUT2D eigenvalue weighted by molar-refractivity contribution is -0.150. The summed E-state index contributed by atoms with van der Waals surface area (Å²) in [6.45, 7) is 4.14. The zero-order valence-electron chi connectivity index (χ0n) is 16.2. The maximum absolute atomic E-state index is 12.0. The number of hydrogen-bond acceptors (Lipinski definition) is 4. The number of ether oxygens (including phenoxy) is 1. The summed E-state index contributed by atoms with van der Waals surface area (Å²) >= 11 is 0. The molecule has 0 saturated heterocycles. The molecule has 0 aliphatic carbocycles. The highest BCUT2D eigenvalue weighted by molar-refractivity contribution is 5.72. The molecule has 0 amide bonds. The predicted octanol–water partition coefficient (Wildman–Crippen LogP) is 4.56. The Kier molecular flexibility index (Phi) is 15.7. The molecule has 0 rings (SSSR count). The number of hydrogen-bond donors (Lipinski definition) is 2. The standard InChI is InChI=1S/C20H38O5/c1-3-5-11-17(19(22)23)13-9-7-8-10-14-18(12-6-4-2)20(24)25-16-15-21/h17-18,21H,3-16H2,1-2H3,(H,22,23). The molecule has 0 heterocycles. The van der Waals surface area contributed by atoms with Crippen LogP contribution in [-0.2, 0) is 14.3 Å². The zero-order valence-corrected chi connectivity index (χ0v) is 16.2. The molecule has 0 saturated carbocycles. The molecule has 0 fully saturated rings.